The molecule has 2 N–H and O–H groups in total. The molecular weight excluding hydrogens is 162 g/mol. The fourth-order valence-electron chi connectivity index (χ4n) is 2.21. The van der Waals surface area contributed by atoms with Gasteiger partial charge < -0.3 is 10.3 Å². The largest absolute Gasteiger partial charge is 0.393 e. The molecule has 3 unspecified atom stereocenters. The molecule has 0 aromatic carbocycles. The van der Waals surface area contributed by atoms with Crippen LogP contribution in [0, 0.1) is 22.0 Å². The summed E-state index contributed by atoms with van der Waals surface area (Å²) >= 11 is 0. The smallest absolute Gasteiger partial charge is 0.291 e. The van der Waals surface area contributed by atoms with E-state index in [2.05, 4.69) is 0 Å². The highest BCUT2D eigenvalue weighted by Gasteiger charge is 2.38. The molecule has 0 spiro atoms. The Balaban J connectivity index is 0.000000157. The summed E-state index contributed by atoms with van der Waals surface area (Å²) in [7, 11) is 0. The maximum Gasteiger partial charge on any atom is 0.291 e. The molecule has 0 aliphatic heterocycles. The van der Waals surface area contributed by atoms with Crippen LogP contribution in [0.25, 0.3) is 0 Å². The van der Waals surface area contributed by atoms with Crippen LogP contribution >= 0.6 is 0 Å². The van der Waals surface area contributed by atoms with Gasteiger partial charge in [-0.2, -0.15) is 0 Å². The van der Waals surface area contributed by atoms with Crippen molar-refractivity contribution in [2.45, 2.75) is 31.8 Å². The van der Waals surface area contributed by atoms with E-state index in [0.29, 0.717) is 5.92 Å². The molecule has 0 radical (unpaired) electrons. The fraction of sp³-hybridized carbons (Fsp3) is 1.00. The molecule has 70 valence electrons. The first kappa shape index (κ1) is 9.25. The molecular formula is C7H13NO4. The molecule has 0 aromatic heterocycles. The lowest BCUT2D eigenvalue weighted by molar-refractivity contribution is -0.742. The van der Waals surface area contributed by atoms with Gasteiger partial charge >= 0.3 is 0 Å². The van der Waals surface area contributed by atoms with E-state index in [9.17, 15) is 5.11 Å². The van der Waals surface area contributed by atoms with Crippen LogP contribution in [0.1, 0.15) is 25.7 Å². The Hall–Kier alpha value is -0.840. The van der Waals surface area contributed by atoms with Gasteiger partial charge in [0.25, 0.3) is 5.09 Å². The van der Waals surface area contributed by atoms with Gasteiger partial charge in [0.2, 0.25) is 0 Å². The molecule has 2 aliphatic rings. The third kappa shape index (κ3) is 2.34. The summed E-state index contributed by atoms with van der Waals surface area (Å²) in [5, 5.41) is 22.9. The Morgan fingerprint density at radius 2 is 1.92 bits per heavy atom. The van der Waals surface area contributed by atoms with Crippen molar-refractivity contribution >= 4 is 0 Å². The van der Waals surface area contributed by atoms with Crippen LogP contribution in [-0.4, -0.2) is 21.5 Å². The number of hydrogen-bond acceptors (Lipinski definition) is 3. The minimum Gasteiger partial charge on any atom is -0.393 e. The zero-order chi connectivity index (χ0) is 9.14. The van der Waals surface area contributed by atoms with Gasteiger partial charge in [0.15, 0.2) is 0 Å². The van der Waals surface area contributed by atoms with Gasteiger partial charge in [-0.05, 0) is 37.5 Å². The van der Waals surface area contributed by atoms with E-state index < -0.39 is 5.09 Å². The number of nitrogens with zero attached hydrogens (tertiary/aromatic N) is 1. The van der Waals surface area contributed by atoms with Crippen LogP contribution in [-0.2, 0) is 0 Å². The lowest BCUT2D eigenvalue weighted by Gasteiger charge is -2.14. The summed E-state index contributed by atoms with van der Waals surface area (Å²) in [6, 6.07) is 0. The molecule has 0 heterocycles. The van der Waals surface area contributed by atoms with Gasteiger partial charge in [-0.3, -0.25) is 0 Å². The molecule has 3 atom stereocenters. The van der Waals surface area contributed by atoms with Crippen molar-refractivity contribution in [2.24, 2.45) is 11.8 Å². The molecule has 12 heavy (non-hydrogen) atoms. The topological polar surface area (TPSA) is 83.6 Å². The Labute approximate surface area is 70.1 Å². The molecule has 0 amide bonds. The summed E-state index contributed by atoms with van der Waals surface area (Å²) in [6.07, 6.45) is 5.19. The van der Waals surface area contributed by atoms with Crippen LogP contribution in [0.15, 0.2) is 0 Å². The maximum absolute atomic E-state index is 9.22. The third-order valence-electron chi connectivity index (χ3n) is 2.70. The van der Waals surface area contributed by atoms with Gasteiger partial charge in [0.05, 0.1) is 6.10 Å². The standard InChI is InChI=1S/C7H12O.HNO3/c8-7-4-5-1-2-6(7)3-5;2-1(3)4/h5-8H,1-4H2;(H,2,3,4). The van der Waals surface area contributed by atoms with E-state index >= 15 is 0 Å². The van der Waals surface area contributed by atoms with Crippen molar-refractivity contribution in [1.82, 2.24) is 0 Å². The minimum absolute atomic E-state index is 0.0775. The molecule has 0 saturated heterocycles. The lowest BCUT2D eigenvalue weighted by atomic mass is 9.98. The quantitative estimate of drug-likeness (QED) is 0.421. The monoisotopic (exact) mass is 175 g/mol. The highest BCUT2D eigenvalue weighted by atomic mass is 16.9. The van der Waals surface area contributed by atoms with Crippen LogP contribution in [0.2, 0.25) is 0 Å². The number of rotatable bonds is 0. The number of fused-ring (bicyclic) bond motifs is 2. The normalized spacial score (nSPS) is 37.2. The Morgan fingerprint density at radius 3 is 2.08 bits per heavy atom. The SMILES string of the molecule is O=[N+]([O-])O.OC1CC2CCC1C2. The summed E-state index contributed by atoms with van der Waals surface area (Å²) < 4.78 is 0. The second kappa shape index (κ2) is 3.71. The predicted octanol–water partition coefficient (Wildman–Crippen LogP) is 0.820. The van der Waals surface area contributed by atoms with Crippen LogP contribution in [0.5, 0.6) is 0 Å². The third-order valence-corrected chi connectivity index (χ3v) is 2.70. The summed E-state index contributed by atoms with van der Waals surface area (Å²) in [5.41, 5.74) is 0. The average molecular weight is 175 g/mol. The predicted molar refractivity (Wildman–Crippen MR) is 40.2 cm³/mol. The number of aliphatic hydroxyl groups excluding tert-OH is 1. The molecule has 2 saturated carbocycles. The molecule has 2 rings (SSSR count). The zero-order valence-corrected chi connectivity index (χ0v) is 6.72. The second-order valence-electron chi connectivity index (χ2n) is 3.48. The molecule has 2 fully saturated rings. The molecule has 2 aliphatic carbocycles. The Kier molecular flexibility index (Phi) is 2.86. The van der Waals surface area contributed by atoms with Gasteiger partial charge in [0.1, 0.15) is 0 Å². The Morgan fingerprint density at radius 1 is 1.33 bits per heavy atom. The molecule has 2 bridgehead atoms. The van der Waals surface area contributed by atoms with Crippen molar-refractivity contribution in [2.75, 3.05) is 0 Å². The van der Waals surface area contributed by atoms with E-state index in [4.69, 9.17) is 15.3 Å². The minimum atomic E-state index is -1.50. The Bertz CT molecular complexity index is 167. The van der Waals surface area contributed by atoms with Crippen LogP contribution in [0.4, 0.5) is 0 Å². The highest BCUT2D eigenvalue weighted by molar-refractivity contribution is 4.89. The summed E-state index contributed by atoms with van der Waals surface area (Å²) in [4.78, 5) is 8.36. The molecule has 5 nitrogen and oxygen atoms in total. The van der Waals surface area contributed by atoms with Crippen molar-refractivity contribution in [3.63, 3.8) is 0 Å². The average Bonchev–Trinajstić information content (AvgIpc) is 2.44. The summed E-state index contributed by atoms with van der Waals surface area (Å²) in [5.74, 6) is 1.59. The maximum atomic E-state index is 9.22. The first-order valence-corrected chi connectivity index (χ1v) is 4.11. The van der Waals surface area contributed by atoms with Crippen molar-refractivity contribution in [1.29, 1.82) is 0 Å². The van der Waals surface area contributed by atoms with E-state index in [1.165, 1.54) is 19.3 Å². The fourth-order valence-corrected chi connectivity index (χ4v) is 2.21. The number of aliphatic hydroxyl groups is 1. The first-order chi connectivity index (χ1) is 5.59. The van der Waals surface area contributed by atoms with Crippen molar-refractivity contribution < 1.29 is 15.4 Å². The van der Waals surface area contributed by atoms with Gasteiger partial charge in [-0.25, -0.2) is 0 Å². The molecule has 0 aromatic rings. The zero-order valence-electron chi connectivity index (χ0n) is 6.72. The lowest BCUT2D eigenvalue weighted by Crippen LogP contribution is -2.14. The first-order valence-electron chi connectivity index (χ1n) is 4.11. The van der Waals surface area contributed by atoms with Crippen molar-refractivity contribution in [3.05, 3.63) is 10.1 Å². The second-order valence-corrected chi connectivity index (χ2v) is 3.48. The van der Waals surface area contributed by atoms with Gasteiger partial charge in [-0.15, -0.1) is 10.1 Å². The summed E-state index contributed by atoms with van der Waals surface area (Å²) in [6.45, 7) is 0. The van der Waals surface area contributed by atoms with Crippen molar-refractivity contribution in [3.8, 4) is 0 Å². The van der Waals surface area contributed by atoms with E-state index in [-0.39, 0.29) is 6.10 Å². The van der Waals surface area contributed by atoms with Gasteiger partial charge in [-0.1, -0.05) is 0 Å². The van der Waals surface area contributed by atoms with Crippen LogP contribution < -0.4 is 0 Å². The van der Waals surface area contributed by atoms with E-state index in [0.717, 1.165) is 12.3 Å². The highest BCUT2D eigenvalue weighted by Crippen LogP contribution is 2.44. The molecule has 5 heteroatoms. The van der Waals surface area contributed by atoms with E-state index in [1.807, 2.05) is 0 Å². The van der Waals surface area contributed by atoms with E-state index in [1.54, 1.807) is 0 Å². The van der Waals surface area contributed by atoms with Gasteiger partial charge in [0, 0.05) is 0 Å². The van der Waals surface area contributed by atoms with Crippen LogP contribution in [0.3, 0.4) is 0 Å². The number of hydrogen-bond donors (Lipinski definition) is 2.